The first kappa shape index (κ1) is 14.9. The van der Waals surface area contributed by atoms with Gasteiger partial charge in [0, 0.05) is 5.56 Å². The Labute approximate surface area is 109 Å². The Morgan fingerprint density at radius 1 is 1.47 bits per heavy atom. The molecular formula is C10H4ClF3N2O3. The molecule has 0 aliphatic heterocycles. The summed E-state index contributed by atoms with van der Waals surface area (Å²) in [6, 6.07) is 2.32. The van der Waals surface area contributed by atoms with Gasteiger partial charge in [0.05, 0.1) is 10.8 Å². The number of carbonyl (C=O) groups excluding carboxylic acids is 1. The monoisotopic (exact) mass is 292 g/mol. The van der Waals surface area contributed by atoms with Gasteiger partial charge >= 0.3 is 6.18 Å². The maximum absolute atomic E-state index is 12.7. The fourth-order valence-corrected chi connectivity index (χ4v) is 1.52. The number of nitriles is 1. The van der Waals surface area contributed by atoms with Gasteiger partial charge in [-0.15, -0.1) is 11.6 Å². The molecule has 1 aromatic carbocycles. The van der Waals surface area contributed by atoms with Crippen molar-refractivity contribution in [1.29, 1.82) is 5.26 Å². The molecule has 0 radical (unpaired) electrons. The van der Waals surface area contributed by atoms with Gasteiger partial charge in [0.15, 0.2) is 5.78 Å². The second kappa shape index (κ2) is 5.24. The van der Waals surface area contributed by atoms with Crippen molar-refractivity contribution in [3.8, 4) is 6.07 Å². The van der Waals surface area contributed by atoms with Crippen LogP contribution in [0.3, 0.4) is 0 Å². The Hall–Kier alpha value is -2.14. The first-order chi connectivity index (χ1) is 8.72. The van der Waals surface area contributed by atoms with Crippen LogP contribution in [0.25, 0.3) is 0 Å². The molecule has 5 nitrogen and oxygen atoms in total. The topological polar surface area (TPSA) is 84.0 Å². The van der Waals surface area contributed by atoms with Crippen LogP contribution < -0.4 is 0 Å². The van der Waals surface area contributed by atoms with E-state index in [9.17, 15) is 28.1 Å². The molecule has 0 saturated heterocycles. The highest BCUT2D eigenvalue weighted by atomic mass is 35.5. The number of rotatable bonds is 3. The minimum absolute atomic E-state index is 0.323. The molecule has 1 rings (SSSR count). The summed E-state index contributed by atoms with van der Waals surface area (Å²) in [4.78, 5) is 20.6. The summed E-state index contributed by atoms with van der Waals surface area (Å²) in [7, 11) is 0. The summed E-state index contributed by atoms with van der Waals surface area (Å²) in [5.74, 6) is -1.46. The second-order valence-electron chi connectivity index (χ2n) is 3.34. The molecule has 0 saturated carbocycles. The van der Waals surface area contributed by atoms with Crippen molar-refractivity contribution in [3.05, 3.63) is 38.9 Å². The molecule has 0 spiro atoms. The number of Topliss-reactive ketones (excluding diaryl/α,β-unsaturated/α-hetero) is 1. The van der Waals surface area contributed by atoms with E-state index in [-0.39, 0.29) is 0 Å². The Morgan fingerprint density at radius 3 is 2.42 bits per heavy atom. The quantitative estimate of drug-likeness (QED) is 0.371. The number of alkyl halides is 4. The summed E-state index contributed by atoms with van der Waals surface area (Å²) in [5.41, 5.74) is -4.36. The van der Waals surface area contributed by atoms with E-state index in [4.69, 9.17) is 16.9 Å². The maximum Gasteiger partial charge on any atom is 0.423 e. The average Bonchev–Trinajstić information content (AvgIpc) is 2.34. The van der Waals surface area contributed by atoms with Crippen molar-refractivity contribution in [2.45, 2.75) is 6.18 Å². The number of hydrogen-bond acceptors (Lipinski definition) is 4. The normalized spacial score (nSPS) is 10.9. The number of carbonyl (C=O) groups is 1. The molecule has 1 aromatic rings. The molecule has 0 N–H and O–H groups in total. The summed E-state index contributed by atoms with van der Waals surface area (Å²) in [6.45, 7) is 0. The molecule has 19 heavy (non-hydrogen) atoms. The standard InChI is InChI=1S/C10H4ClF3N2O3/c11-3-8(17)5-1-6(4-15)9(16(18)19)7(2-5)10(12,13)14/h1-2H,3H2. The summed E-state index contributed by atoms with van der Waals surface area (Å²) >= 11 is 5.20. The van der Waals surface area contributed by atoms with Crippen LogP contribution in [-0.2, 0) is 6.18 Å². The van der Waals surface area contributed by atoms with Gasteiger partial charge < -0.3 is 0 Å². The number of hydrogen-bond donors (Lipinski definition) is 0. The third-order valence-corrected chi connectivity index (χ3v) is 2.40. The maximum atomic E-state index is 12.7. The molecule has 0 amide bonds. The average molecular weight is 293 g/mol. The third kappa shape index (κ3) is 3.00. The van der Waals surface area contributed by atoms with E-state index in [0.29, 0.717) is 6.07 Å². The van der Waals surface area contributed by atoms with Crippen LogP contribution in [0.15, 0.2) is 12.1 Å². The first-order valence-corrected chi connectivity index (χ1v) is 5.14. The van der Waals surface area contributed by atoms with Crippen LogP contribution >= 0.6 is 11.6 Å². The van der Waals surface area contributed by atoms with Crippen LogP contribution in [-0.4, -0.2) is 16.6 Å². The summed E-state index contributed by atoms with van der Waals surface area (Å²) < 4.78 is 38.1. The Morgan fingerprint density at radius 2 is 2.05 bits per heavy atom. The van der Waals surface area contributed by atoms with Crippen molar-refractivity contribution in [2.75, 3.05) is 5.88 Å². The molecule has 0 bridgehead atoms. The summed E-state index contributed by atoms with van der Waals surface area (Å²) in [5, 5.41) is 19.3. The van der Waals surface area contributed by atoms with Crippen molar-refractivity contribution in [1.82, 2.24) is 0 Å². The molecule has 9 heteroatoms. The van der Waals surface area contributed by atoms with Gasteiger partial charge in [-0.2, -0.15) is 18.4 Å². The van der Waals surface area contributed by atoms with E-state index in [1.165, 1.54) is 6.07 Å². The molecule has 0 aromatic heterocycles. The fourth-order valence-electron chi connectivity index (χ4n) is 1.37. The first-order valence-electron chi connectivity index (χ1n) is 4.61. The van der Waals surface area contributed by atoms with E-state index in [0.717, 1.165) is 6.07 Å². The van der Waals surface area contributed by atoms with E-state index in [1.54, 1.807) is 0 Å². The van der Waals surface area contributed by atoms with Crippen LogP contribution in [0.1, 0.15) is 21.5 Å². The largest absolute Gasteiger partial charge is 0.423 e. The van der Waals surface area contributed by atoms with Gasteiger partial charge in [-0.25, -0.2) is 0 Å². The van der Waals surface area contributed by atoms with Crippen LogP contribution in [0.2, 0.25) is 0 Å². The zero-order valence-corrected chi connectivity index (χ0v) is 9.75. The Balaban J connectivity index is 3.71. The molecule has 0 unspecified atom stereocenters. The lowest BCUT2D eigenvalue weighted by atomic mass is 10.0. The van der Waals surface area contributed by atoms with Crippen molar-refractivity contribution in [2.24, 2.45) is 0 Å². The number of ketones is 1. The second-order valence-corrected chi connectivity index (χ2v) is 3.61. The minimum Gasteiger partial charge on any atom is -0.293 e. The smallest absolute Gasteiger partial charge is 0.293 e. The summed E-state index contributed by atoms with van der Waals surface area (Å²) in [6.07, 6.45) is -5.06. The van der Waals surface area contributed by atoms with Crippen LogP contribution in [0.5, 0.6) is 0 Å². The van der Waals surface area contributed by atoms with Gasteiger partial charge in [-0.1, -0.05) is 0 Å². The lowest BCUT2D eigenvalue weighted by Gasteiger charge is -2.10. The molecule has 0 aliphatic rings. The van der Waals surface area contributed by atoms with Gasteiger partial charge in [-0.3, -0.25) is 14.9 Å². The molecule has 0 fully saturated rings. The molecule has 0 aliphatic carbocycles. The number of nitro benzene ring substituents is 1. The predicted molar refractivity (Wildman–Crippen MR) is 57.9 cm³/mol. The minimum atomic E-state index is -5.06. The lowest BCUT2D eigenvalue weighted by molar-refractivity contribution is -0.388. The third-order valence-electron chi connectivity index (χ3n) is 2.16. The molecule has 0 atom stereocenters. The van der Waals surface area contributed by atoms with Crippen LogP contribution in [0, 0.1) is 21.4 Å². The van der Waals surface area contributed by atoms with Crippen molar-refractivity contribution >= 4 is 23.1 Å². The van der Waals surface area contributed by atoms with Crippen LogP contribution in [0.4, 0.5) is 18.9 Å². The number of halogens is 4. The highest BCUT2D eigenvalue weighted by molar-refractivity contribution is 6.30. The van der Waals surface area contributed by atoms with Gasteiger partial charge in [-0.05, 0) is 12.1 Å². The predicted octanol–water partition coefficient (Wildman–Crippen LogP) is 2.91. The van der Waals surface area contributed by atoms with Gasteiger partial charge in [0.25, 0.3) is 5.69 Å². The van der Waals surface area contributed by atoms with E-state index in [1.807, 2.05) is 0 Å². The molecule has 0 heterocycles. The van der Waals surface area contributed by atoms with E-state index < -0.39 is 45.1 Å². The number of benzene rings is 1. The highest BCUT2D eigenvalue weighted by Crippen LogP contribution is 2.38. The SMILES string of the molecule is N#Cc1cc(C(=O)CCl)cc(C(F)(F)F)c1[N+](=O)[O-]. The van der Waals surface area contributed by atoms with Crippen molar-refractivity contribution < 1.29 is 22.9 Å². The molecular weight excluding hydrogens is 289 g/mol. The Bertz CT molecular complexity index is 593. The fraction of sp³-hybridized carbons (Fsp3) is 0.200. The number of nitrogens with zero attached hydrogens (tertiary/aromatic N) is 2. The highest BCUT2D eigenvalue weighted by Gasteiger charge is 2.41. The van der Waals surface area contributed by atoms with Crippen molar-refractivity contribution in [3.63, 3.8) is 0 Å². The zero-order chi connectivity index (χ0) is 14.8. The van der Waals surface area contributed by atoms with Gasteiger partial charge in [0.1, 0.15) is 17.2 Å². The van der Waals surface area contributed by atoms with E-state index >= 15 is 0 Å². The Kier molecular flexibility index (Phi) is 4.11. The molecule has 100 valence electrons. The van der Waals surface area contributed by atoms with Gasteiger partial charge in [0.2, 0.25) is 0 Å². The van der Waals surface area contributed by atoms with E-state index in [2.05, 4.69) is 0 Å². The lowest BCUT2D eigenvalue weighted by Crippen LogP contribution is -2.13. The number of nitro groups is 1. The zero-order valence-electron chi connectivity index (χ0n) is 8.99.